The second-order valence-corrected chi connectivity index (χ2v) is 15.9. The fourth-order valence-corrected chi connectivity index (χ4v) is 9.24. The van der Waals surface area contributed by atoms with Crippen molar-refractivity contribution in [3.63, 3.8) is 0 Å². The van der Waals surface area contributed by atoms with Crippen molar-refractivity contribution in [2.45, 2.75) is 96.2 Å². The minimum Gasteiger partial charge on any atom is -0.381 e. The number of aromatic nitrogens is 3. The fourth-order valence-electron chi connectivity index (χ4n) is 8.21. The highest BCUT2D eigenvalue weighted by Gasteiger charge is 2.74. The molecule has 0 radical (unpaired) electrons. The largest absolute Gasteiger partial charge is 0.393 e. The SMILES string of the molecule is Cc1c(CN2CCC(Nc3ncnc4sc(CC(F)(F)F)cc34)CC2)ccc2c1cc(C#N)n2CC12CC(NC(=O)C(C)(C)O)(C1)[C@H]2C. The molecule has 48 heavy (non-hydrogen) atoms. The monoisotopic (exact) mass is 679 g/mol. The van der Waals surface area contributed by atoms with E-state index in [4.69, 9.17) is 0 Å². The summed E-state index contributed by atoms with van der Waals surface area (Å²) in [5.41, 5.74) is 2.39. The third kappa shape index (κ3) is 5.71. The van der Waals surface area contributed by atoms with E-state index in [1.807, 2.05) is 6.07 Å². The molecule has 4 heterocycles. The summed E-state index contributed by atoms with van der Waals surface area (Å²) >= 11 is 1.06. The number of halogens is 3. The van der Waals surface area contributed by atoms with Crippen molar-refractivity contribution in [1.82, 2.24) is 24.8 Å². The summed E-state index contributed by atoms with van der Waals surface area (Å²) < 4.78 is 41.0. The lowest BCUT2D eigenvalue weighted by Gasteiger charge is -2.76. The molecule has 2 bridgehead atoms. The minimum atomic E-state index is -4.26. The summed E-state index contributed by atoms with van der Waals surface area (Å²) in [7, 11) is 0. The summed E-state index contributed by atoms with van der Waals surface area (Å²) in [4.78, 5) is 24.2. The molecule has 0 unspecified atom stereocenters. The van der Waals surface area contributed by atoms with Crippen LogP contribution < -0.4 is 10.6 Å². The van der Waals surface area contributed by atoms with E-state index in [9.17, 15) is 28.3 Å². The van der Waals surface area contributed by atoms with Crippen LogP contribution in [0, 0.1) is 29.6 Å². The van der Waals surface area contributed by atoms with E-state index >= 15 is 0 Å². The number of piperidine rings is 1. The number of amides is 1. The molecule has 3 aliphatic carbocycles. The molecule has 1 atom stereocenters. The van der Waals surface area contributed by atoms with E-state index in [0.717, 1.165) is 73.1 Å². The number of benzene rings is 1. The van der Waals surface area contributed by atoms with Crippen molar-refractivity contribution in [2.24, 2.45) is 11.3 Å². The molecule has 3 N–H and O–H groups in total. The van der Waals surface area contributed by atoms with Gasteiger partial charge in [-0.05, 0) is 87.1 Å². The van der Waals surface area contributed by atoms with E-state index in [1.165, 1.54) is 25.7 Å². The van der Waals surface area contributed by atoms with Crippen molar-refractivity contribution >= 4 is 44.2 Å². The molecule has 0 spiro atoms. The van der Waals surface area contributed by atoms with Gasteiger partial charge in [0, 0.05) is 53.5 Å². The van der Waals surface area contributed by atoms with Gasteiger partial charge in [-0.2, -0.15) is 18.4 Å². The number of aliphatic hydroxyl groups is 1. The van der Waals surface area contributed by atoms with Crippen LogP contribution in [0.3, 0.4) is 0 Å². The predicted molar refractivity (Wildman–Crippen MR) is 178 cm³/mol. The Hall–Kier alpha value is -3.73. The van der Waals surface area contributed by atoms with Crippen LogP contribution in [0.4, 0.5) is 19.0 Å². The molecular weight excluding hydrogens is 639 g/mol. The number of carbonyl (C=O) groups is 1. The van der Waals surface area contributed by atoms with Gasteiger partial charge >= 0.3 is 6.18 Å². The van der Waals surface area contributed by atoms with Gasteiger partial charge in [0.15, 0.2) is 0 Å². The van der Waals surface area contributed by atoms with Crippen molar-refractivity contribution in [3.8, 4) is 6.07 Å². The molecule has 1 saturated heterocycles. The molecule has 1 amide bonds. The van der Waals surface area contributed by atoms with Crippen LogP contribution in [0.2, 0.25) is 0 Å². The number of aryl methyl sites for hydroxylation is 1. The number of nitrogens with one attached hydrogen (secondary N) is 2. The molecule has 3 aromatic heterocycles. The van der Waals surface area contributed by atoms with Gasteiger partial charge in [-0.1, -0.05) is 13.0 Å². The Morgan fingerprint density at radius 3 is 2.54 bits per heavy atom. The lowest BCUT2D eigenvalue weighted by atomic mass is 9.33. The van der Waals surface area contributed by atoms with Crippen molar-refractivity contribution in [2.75, 3.05) is 18.4 Å². The maximum atomic E-state index is 13.0. The molecular formula is C35H40F3N7O2S. The normalized spacial score (nSPS) is 24.7. The number of fused-ring (bicyclic) bond motifs is 2. The highest BCUT2D eigenvalue weighted by atomic mass is 32.1. The highest BCUT2D eigenvalue weighted by molar-refractivity contribution is 7.18. The summed E-state index contributed by atoms with van der Waals surface area (Å²) in [6, 6.07) is 10.4. The number of alkyl halides is 3. The number of carbonyl (C=O) groups excluding carboxylic acids is 1. The first-order chi connectivity index (χ1) is 22.6. The number of nitrogens with zero attached hydrogens (tertiary/aromatic N) is 5. The van der Waals surface area contributed by atoms with E-state index in [2.05, 4.69) is 62.1 Å². The second-order valence-electron chi connectivity index (χ2n) is 14.8. The summed E-state index contributed by atoms with van der Waals surface area (Å²) in [6.07, 6.45) is -0.403. The maximum Gasteiger partial charge on any atom is 0.393 e. The predicted octanol–water partition coefficient (Wildman–Crippen LogP) is 6.06. The van der Waals surface area contributed by atoms with E-state index in [1.54, 1.807) is 6.07 Å². The lowest BCUT2D eigenvalue weighted by molar-refractivity contribution is -0.231. The molecule has 8 rings (SSSR count). The quantitative estimate of drug-likeness (QED) is 0.197. The first kappa shape index (κ1) is 32.8. The smallest absolute Gasteiger partial charge is 0.381 e. The van der Waals surface area contributed by atoms with Gasteiger partial charge in [0.2, 0.25) is 0 Å². The first-order valence-corrected chi connectivity index (χ1v) is 17.3. The zero-order valence-electron chi connectivity index (χ0n) is 27.5. The molecule has 4 aliphatic rings. The Bertz CT molecular complexity index is 1940. The molecule has 9 nitrogen and oxygen atoms in total. The number of rotatable bonds is 9. The number of thiophene rings is 1. The van der Waals surface area contributed by atoms with Crippen LogP contribution in [0.15, 0.2) is 30.6 Å². The first-order valence-electron chi connectivity index (χ1n) is 16.5. The van der Waals surface area contributed by atoms with Gasteiger partial charge in [0.05, 0.1) is 11.8 Å². The van der Waals surface area contributed by atoms with Crippen LogP contribution in [0.1, 0.15) is 68.2 Å². The number of hydrogen-bond acceptors (Lipinski definition) is 8. The van der Waals surface area contributed by atoms with Gasteiger partial charge in [-0.25, -0.2) is 9.97 Å². The zero-order chi connectivity index (χ0) is 34.2. The average molecular weight is 680 g/mol. The maximum absolute atomic E-state index is 13.0. The molecule has 3 saturated carbocycles. The molecule has 1 aromatic carbocycles. The fraction of sp³-hybridized carbons (Fsp3) is 0.543. The Labute approximate surface area is 281 Å². The van der Waals surface area contributed by atoms with Gasteiger partial charge in [-0.3, -0.25) is 9.69 Å². The molecule has 254 valence electrons. The standard InChI is InChI=1S/C35H40F3N7O2S/c1-20-22(15-44-9-7-23(8-10-44)42-29-27-12-25(13-35(36,37)38)48-30(27)41-19-40-29)5-6-28-26(20)11-24(14-39)45(28)18-33-16-34(17-33,21(33)2)43-31(46)32(3,4)47/h5-6,11-12,19,21,23,47H,7-10,13,15-18H2,1-4H3,(H,43,46)(H,40,41,42)/t21-,33?,34?/m0/s1. The van der Waals surface area contributed by atoms with E-state index in [-0.39, 0.29) is 33.7 Å². The summed E-state index contributed by atoms with van der Waals surface area (Å²) in [5, 5.41) is 28.5. The molecule has 13 heteroatoms. The second kappa shape index (κ2) is 11.4. The van der Waals surface area contributed by atoms with Crippen LogP contribution in [-0.2, 0) is 24.3 Å². The zero-order valence-corrected chi connectivity index (χ0v) is 28.4. The van der Waals surface area contributed by atoms with Gasteiger partial charge < -0.3 is 20.3 Å². The van der Waals surface area contributed by atoms with Crippen LogP contribution >= 0.6 is 11.3 Å². The summed E-state index contributed by atoms with van der Waals surface area (Å²) in [5.74, 6) is 0.488. The summed E-state index contributed by atoms with van der Waals surface area (Å²) in [6.45, 7) is 10.5. The number of hydrogen-bond donors (Lipinski definition) is 3. The average Bonchev–Trinajstić information content (AvgIpc) is 3.58. The third-order valence-corrected chi connectivity index (χ3v) is 12.2. The molecule has 1 aliphatic heterocycles. The van der Waals surface area contributed by atoms with Crippen LogP contribution in [-0.4, -0.2) is 66.9 Å². The van der Waals surface area contributed by atoms with Crippen molar-refractivity contribution in [1.29, 1.82) is 5.26 Å². The van der Waals surface area contributed by atoms with E-state index < -0.39 is 18.2 Å². The Morgan fingerprint density at radius 1 is 1.17 bits per heavy atom. The Morgan fingerprint density at radius 2 is 1.90 bits per heavy atom. The third-order valence-electron chi connectivity index (χ3n) is 11.1. The van der Waals surface area contributed by atoms with Crippen LogP contribution in [0.5, 0.6) is 0 Å². The van der Waals surface area contributed by atoms with E-state index in [0.29, 0.717) is 28.3 Å². The van der Waals surface area contributed by atoms with Crippen molar-refractivity contribution in [3.05, 3.63) is 52.3 Å². The molecule has 4 fully saturated rings. The topological polar surface area (TPSA) is 119 Å². The Balaban J connectivity index is 0.994. The van der Waals surface area contributed by atoms with Gasteiger partial charge in [0.1, 0.15) is 34.3 Å². The molecule has 4 aromatic rings. The van der Waals surface area contributed by atoms with Gasteiger partial charge in [-0.15, -0.1) is 11.3 Å². The number of nitriles is 1. The Kier molecular flexibility index (Phi) is 7.81. The lowest BCUT2D eigenvalue weighted by Crippen LogP contribution is -2.82. The van der Waals surface area contributed by atoms with Crippen molar-refractivity contribution < 1.29 is 23.1 Å². The highest BCUT2D eigenvalue weighted by Crippen LogP contribution is 2.72. The van der Waals surface area contributed by atoms with Crippen LogP contribution in [0.25, 0.3) is 21.1 Å². The minimum absolute atomic E-state index is 0.0156. The number of likely N-dealkylation sites (tertiary alicyclic amines) is 1. The van der Waals surface area contributed by atoms with Gasteiger partial charge in [0.25, 0.3) is 5.91 Å². The number of anilines is 1.